The molecule has 0 bridgehead atoms. The molecule has 0 aromatic heterocycles. The molecule has 4 aromatic rings. The number of nitrogens with zero attached hydrogens (tertiary/aromatic N) is 2. The highest BCUT2D eigenvalue weighted by atomic mass is 35.5. The lowest BCUT2D eigenvalue weighted by atomic mass is 9.62. The summed E-state index contributed by atoms with van der Waals surface area (Å²) in [5, 5.41) is 14.8. The van der Waals surface area contributed by atoms with E-state index >= 15 is 0 Å². The van der Waals surface area contributed by atoms with Crippen LogP contribution in [0.2, 0.25) is 10.0 Å². The zero-order chi connectivity index (χ0) is 30.0. The molecule has 1 spiro atoms. The lowest BCUT2D eigenvalue weighted by Crippen LogP contribution is -2.49. The first kappa shape index (κ1) is 27.1. The van der Waals surface area contributed by atoms with E-state index in [4.69, 9.17) is 23.2 Å². The van der Waals surface area contributed by atoms with Crippen LogP contribution in [0.15, 0.2) is 97.2 Å². The topological polar surface area (TPSA) is 110 Å². The fourth-order valence-electron chi connectivity index (χ4n) is 6.94. The lowest BCUT2D eigenvalue weighted by molar-refractivity contribution is -0.384. The number of hydrogen-bond acceptors (Lipinski definition) is 6. The summed E-state index contributed by atoms with van der Waals surface area (Å²) >= 11 is 12.7. The summed E-state index contributed by atoms with van der Waals surface area (Å²) in [4.78, 5) is 56.5. The Bertz CT molecular complexity index is 1910. The number of anilines is 1. The van der Waals surface area contributed by atoms with Crippen molar-refractivity contribution >= 4 is 58.1 Å². The molecule has 10 heteroatoms. The van der Waals surface area contributed by atoms with Crippen molar-refractivity contribution in [2.75, 3.05) is 5.32 Å². The zero-order valence-corrected chi connectivity index (χ0v) is 23.8. The van der Waals surface area contributed by atoms with Crippen LogP contribution in [0.4, 0.5) is 11.4 Å². The molecule has 212 valence electrons. The smallest absolute Gasteiger partial charge is 0.269 e. The van der Waals surface area contributed by atoms with Gasteiger partial charge in [0.05, 0.1) is 21.9 Å². The predicted molar refractivity (Wildman–Crippen MR) is 162 cm³/mol. The van der Waals surface area contributed by atoms with E-state index in [0.29, 0.717) is 16.3 Å². The van der Waals surface area contributed by atoms with E-state index < -0.39 is 45.8 Å². The molecule has 0 radical (unpaired) electrons. The molecule has 1 N–H and O–H groups in total. The molecule has 1 fully saturated rings. The summed E-state index contributed by atoms with van der Waals surface area (Å²) in [6, 6.07) is 22.6. The number of benzene rings is 4. The number of carbonyl (C=O) groups is 3. The van der Waals surface area contributed by atoms with Gasteiger partial charge in [-0.2, -0.15) is 0 Å². The number of carbonyl (C=O) groups excluding carboxylic acids is 3. The largest absolute Gasteiger partial charge is 0.358 e. The molecule has 0 unspecified atom stereocenters. The van der Waals surface area contributed by atoms with Crippen molar-refractivity contribution in [3.8, 4) is 0 Å². The molecule has 3 aliphatic rings. The average molecular weight is 610 g/mol. The normalized spacial score (nSPS) is 23.0. The van der Waals surface area contributed by atoms with Crippen molar-refractivity contribution < 1.29 is 19.3 Å². The molecule has 4 aromatic carbocycles. The first-order valence-corrected chi connectivity index (χ1v) is 14.2. The minimum Gasteiger partial charge on any atom is -0.358 e. The van der Waals surface area contributed by atoms with Crippen LogP contribution in [0.1, 0.15) is 43.4 Å². The van der Waals surface area contributed by atoms with Gasteiger partial charge in [0, 0.05) is 40.2 Å². The minimum atomic E-state index is -1.53. The number of hydrogen-bond donors (Lipinski definition) is 1. The maximum atomic E-state index is 14.8. The summed E-state index contributed by atoms with van der Waals surface area (Å²) in [5.74, 6) is -2.60. The maximum Gasteiger partial charge on any atom is 0.269 e. The van der Waals surface area contributed by atoms with E-state index in [2.05, 4.69) is 5.32 Å². The van der Waals surface area contributed by atoms with Crippen molar-refractivity contribution in [1.82, 2.24) is 4.90 Å². The number of nitro groups is 1. The highest BCUT2D eigenvalue weighted by molar-refractivity contribution is 6.37. The van der Waals surface area contributed by atoms with Crippen LogP contribution in [-0.4, -0.2) is 33.3 Å². The van der Waals surface area contributed by atoms with Gasteiger partial charge in [-0.05, 0) is 59.2 Å². The summed E-state index contributed by atoms with van der Waals surface area (Å²) in [5.41, 5.74) is 1.38. The molecule has 43 heavy (non-hydrogen) atoms. The Labute approximate surface area is 255 Å². The third-order valence-corrected chi connectivity index (χ3v) is 9.23. The van der Waals surface area contributed by atoms with Crippen LogP contribution in [0.3, 0.4) is 0 Å². The van der Waals surface area contributed by atoms with Crippen molar-refractivity contribution in [3.05, 3.63) is 145 Å². The van der Waals surface area contributed by atoms with Gasteiger partial charge in [0.1, 0.15) is 11.5 Å². The molecule has 4 atom stereocenters. The highest BCUT2D eigenvalue weighted by Gasteiger charge is 2.70. The first-order chi connectivity index (χ1) is 20.7. The first-order valence-electron chi connectivity index (χ1n) is 13.5. The number of nitrogens with one attached hydrogen (secondary N) is 1. The number of nitro benzene ring substituents is 1. The Balaban J connectivity index is 1.52. The second kappa shape index (κ2) is 9.90. The molecule has 1 amide bonds. The number of ketones is 2. The van der Waals surface area contributed by atoms with Gasteiger partial charge in [-0.15, -0.1) is 0 Å². The van der Waals surface area contributed by atoms with Gasteiger partial charge in [-0.1, -0.05) is 65.7 Å². The van der Waals surface area contributed by atoms with Crippen LogP contribution in [-0.2, 0) is 10.2 Å². The fraction of sp³-hybridized carbons (Fsp3) is 0.121. The standard InChI is InChI=1S/C33H21Cl2N3O5/c34-20-11-14-23(25(35)17-20)30(40)28-27(29(39)19-9-12-21(13-10-19)38(42)43)33(24-7-3-4-8-26(24)36-32(33)41)31-22-6-2-1-5-18(22)15-16-37(28)31/h1-17,27-28,31H,(H,36,41)/t27-,28+,31-,33+/m1/s1. The number of amides is 1. The second-order valence-corrected chi connectivity index (χ2v) is 11.6. The van der Waals surface area contributed by atoms with E-state index in [9.17, 15) is 24.5 Å². The summed E-state index contributed by atoms with van der Waals surface area (Å²) in [6.45, 7) is 0. The minimum absolute atomic E-state index is 0.120. The lowest BCUT2D eigenvalue weighted by Gasteiger charge is -2.38. The SMILES string of the molecule is O=C(c1ccc(Cl)cc1Cl)[C@@H]1[C@H](C(=O)c2ccc([N+](=O)[O-])cc2)[C@]2(C(=O)Nc3ccccc32)[C@H]2c3ccccc3C=CN12. The van der Waals surface area contributed by atoms with Crippen molar-refractivity contribution in [2.24, 2.45) is 5.92 Å². The van der Waals surface area contributed by atoms with Gasteiger partial charge in [-0.3, -0.25) is 24.5 Å². The van der Waals surface area contributed by atoms with Gasteiger partial charge in [0.25, 0.3) is 5.69 Å². The van der Waals surface area contributed by atoms with Gasteiger partial charge in [-0.25, -0.2) is 0 Å². The Morgan fingerprint density at radius 2 is 1.63 bits per heavy atom. The molecule has 3 heterocycles. The molecular formula is C33H21Cl2N3O5. The van der Waals surface area contributed by atoms with Gasteiger partial charge < -0.3 is 10.2 Å². The number of Topliss-reactive ketones (excluding diaryl/α,β-unsaturated/α-hetero) is 2. The van der Waals surface area contributed by atoms with Crippen LogP contribution in [0.5, 0.6) is 0 Å². The Morgan fingerprint density at radius 3 is 2.37 bits per heavy atom. The van der Waals surface area contributed by atoms with Crippen LogP contribution in [0, 0.1) is 16.0 Å². The number of non-ortho nitro benzene ring substituents is 1. The fourth-order valence-corrected chi connectivity index (χ4v) is 7.44. The Kier molecular flexibility index (Phi) is 6.23. The molecule has 8 nitrogen and oxygen atoms in total. The van der Waals surface area contributed by atoms with Gasteiger partial charge >= 0.3 is 0 Å². The van der Waals surface area contributed by atoms with E-state index in [0.717, 1.165) is 11.1 Å². The zero-order valence-electron chi connectivity index (χ0n) is 22.2. The molecular weight excluding hydrogens is 589 g/mol. The van der Waals surface area contributed by atoms with E-state index in [1.54, 1.807) is 35.4 Å². The number of fused-ring (bicyclic) bond motifs is 6. The van der Waals surface area contributed by atoms with E-state index in [1.807, 2.05) is 36.4 Å². The van der Waals surface area contributed by atoms with Crippen LogP contribution in [0.25, 0.3) is 6.08 Å². The predicted octanol–water partition coefficient (Wildman–Crippen LogP) is 6.88. The summed E-state index contributed by atoms with van der Waals surface area (Å²) < 4.78 is 0. The molecule has 3 aliphatic heterocycles. The third-order valence-electron chi connectivity index (χ3n) is 8.68. The van der Waals surface area contributed by atoms with Crippen molar-refractivity contribution in [2.45, 2.75) is 17.5 Å². The second-order valence-electron chi connectivity index (χ2n) is 10.7. The van der Waals surface area contributed by atoms with Crippen molar-refractivity contribution in [3.63, 3.8) is 0 Å². The molecule has 0 saturated carbocycles. The van der Waals surface area contributed by atoms with E-state index in [1.165, 1.54) is 36.4 Å². The highest BCUT2D eigenvalue weighted by Crippen LogP contribution is 2.62. The third kappa shape index (κ3) is 3.87. The Hall–Kier alpha value is -4.79. The molecule has 0 aliphatic carbocycles. The van der Waals surface area contributed by atoms with Gasteiger partial charge in [0.15, 0.2) is 11.6 Å². The molecule has 7 rings (SSSR count). The van der Waals surface area contributed by atoms with Crippen molar-refractivity contribution in [1.29, 1.82) is 0 Å². The number of rotatable bonds is 5. The molecule has 1 saturated heterocycles. The monoisotopic (exact) mass is 609 g/mol. The van der Waals surface area contributed by atoms with Gasteiger partial charge in [0.2, 0.25) is 5.91 Å². The summed E-state index contributed by atoms with van der Waals surface area (Å²) in [7, 11) is 0. The van der Waals surface area contributed by atoms with E-state index in [-0.39, 0.29) is 21.8 Å². The Morgan fingerprint density at radius 1 is 0.907 bits per heavy atom. The quantitative estimate of drug-likeness (QED) is 0.150. The maximum absolute atomic E-state index is 14.8. The number of halogens is 2. The average Bonchev–Trinajstić information content (AvgIpc) is 3.48. The number of para-hydroxylation sites is 1. The van der Waals surface area contributed by atoms with Crippen LogP contribution < -0.4 is 5.32 Å². The van der Waals surface area contributed by atoms with Crippen LogP contribution >= 0.6 is 23.2 Å². The summed E-state index contributed by atoms with van der Waals surface area (Å²) in [6.07, 6.45) is 3.62.